The number of carbonyl (C=O) groups is 1. The van der Waals surface area contributed by atoms with Crippen molar-refractivity contribution in [1.29, 1.82) is 5.26 Å². The Balaban J connectivity index is 2.32. The molecule has 0 fully saturated rings. The van der Waals surface area contributed by atoms with Crippen LogP contribution in [0.25, 0.3) is 0 Å². The van der Waals surface area contributed by atoms with Gasteiger partial charge in [0.15, 0.2) is 11.5 Å². The van der Waals surface area contributed by atoms with Gasteiger partial charge in [0, 0.05) is 25.9 Å². The van der Waals surface area contributed by atoms with Gasteiger partial charge in [0.05, 0.1) is 0 Å². The molecule has 0 N–H and O–H groups in total. The molecule has 1 aliphatic heterocycles. The fraction of sp³-hybridized carbons (Fsp3) is 0.231. The summed E-state index contributed by atoms with van der Waals surface area (Å²) in [7, 11) is 3.51. The van der Waals surface area contributed by atoms with Gasteiger partial charge >= 0.3 is 0 Å². The third-order valence-corrected chi connectivity index (χ3v) is 2.39. The largest absolute Gasteiger partial charge is 0.454 e. The minimum absolute atomic E-state index is 0.0823. The van der Waals surface area contributed by atoms with Gasteiger partial charge in [-0.2, -0.15) is 5.26 Å². The quantitative estimate of drug-likeness (QED) is 0.459. The van der Waals surface area contributed by atoms with Gasteiger partial charge in [0.25, 0.3) is 0 Å². The zero-order chi connectivity index (χ0) is 13.1. The van der Waals surface area contributed by atoms with E-state index in [2.05, 4.69) is 0 Å². The molecule has 5 nitrogen and oxygen atoms in total. The highest BCUT2D eigenvalue weighted by molar-refractivity contribution is 6.11. The molecule has 0 amide bonds. The van der Waals surface area contributed by atoms with Crippen molar-refractivity contribution in [1.82, 2.24) is 4.90 Å². The van der Waals surface area contributed by atoms with Crippen molar-refractivity contribution < 1.29 is 14.3 Å². The molecule has 92 valence electrons. The number of hydrogen-bond acceptors (Lipinski definition) is 5. The van der Waals surface area contributed by atoms with E-state index in [1.807, 2.05) is 6.07 Å². The van der Waals surface area contributed by atoms with Gasteiger partial charge in [-0.25, -0.2) is 0 Å². The van der Waals surface area contributed by atoms with Crippen LogP contribution in [0.4, 0.5) is 0 Å². The fourth-order valence-corrected chi connectivity index (χ4v) is 1.59. The van der Waals surface area contributed by atoms with E-state index in [1.54, 1.807) is 37.2 Å². The summed E-state index contributed by atoms with van der Waals surface area (Å²) in [5, 5.41) is 8.98. The van der Waals surface area contributed by atoms with Gasteiger partial charge < -0.3 is 14.4 Å². The van der Waals surface area contributed by atoms with Gasteiger partial charge in [0.1, 0.15) is 11.6 Å². The number of ether oxygens (including phenoxy) is 2. The average Bonchev–Trinajstić information content (AvgIpc) is 2.81. The lowest BCUT2D eigenvalue weighted by Crippen LogP contribution is -2.08. The van der Waals surface area contributed by atoms with Crippen LogP contribution in [0.5, 0.6) is 11.5 Å². The lowest BCUT2D eigenvalue weighted by molar-refractivity contribution is 0.103. The minimum atomic E-state index is -0.329. The smallest absolute Gasteiger partial charge is 0.231 e. The van der Waals surface area contributed by atoms with E-state index >= 15 is 0 Å². The summed E-state index contributed by atoms with van der Waals surface area (Å²) in [6.07, 6.45) is 1.49. The molecule has 0 bridgehead atoms. The van der Waals surface area contributed by atoms with Gasteiger partial charge in [-0.3, -0.25) is 4.79 Å². The van der Waals surface area contributed by atoms with Crippen molar-refractivity contribution in [2.45, 2.75) is 0 Å². The zero-order valence-corrected chi connectivity index (χ0v) is 10.1. The van der Waals surface area contributed by atoms with Crippen LogP contribution in [-0.2, 0) is 0 Å². The van der Waals surface area contributed by atoms with Crippen LogP contribution < -0.4 is 9.47 Å². The van der Waals surface area contributed by atoms with E-state index in [0.717, 1.165) is 0 Å². The molecule has 0 spiro atoms. The topological polar surface area (TPSA) is 62.6 Å². The van der Waals surface area contributed by atoms with Crippen molar-refractivity contribution in [2.75, 3.05) is 20.9 Å². The van der Waals surface area contributed by atoms with Gasteiger partial charge in [-0.05, 0) is 18.2 Å². The van der Waals surface area contributed by atoms with Crippen molar-refractivity contribution in [3.63, 3.8) is 0 Å². The third-order valence-electron chi connectivity index (χ3n) is 2.39. The Hall–Kier alpha value is -2.48. The van der Waals surface area contributed by atoms with Crippen LogP contribution in [0.3, 0.4) is 0 Å². The molecule has 0 radical (unpaired) electrons. The molecule has 1 heterocycles. The minimum Gasteiger partial charge on any atom is -0.454 e. The summed E-state index contributed by atoms with van der Waals surface area (Å²) < 4.78 is 10.4. The molecule has 5 heteroatoms. The Morgan fingerprint density at radius 3 is 2.78 bits per heavy atom. The van der Waals surface area contributed by atoms with E-state index in [4.69, 9.17) is 14.7 Å². The molecule has 1 aromatic carbocycles. The maximum atomic E-state index is 12.1. The lowest BCUT2D eigenvalue weighted by atomic mass is 10.0. The molecule has 18 heavy (non-hydrogen) atoms. The number of Topliss-reactive ketones (excluding diaryl/α,β-unsaturated/α-hetero) is 1. The van der Waals surface area contributed by atoms with E-state index in [9.17, 15) is 4.79 Å². The molecule has 0 saturated carbocycles. The van der Waals surface area contributed by atoms with Crippen LogP contribution >= 0.6 is 0 Å². The SMILES string of the molecule is CN(C)/C=C(/C#N)C(=O)c1ccc2c(c1)OCO2. The van der Waals surface area contributed by atoms with Crippen LogP contribution in [0, 0.1) is 11.3 Å². The Morgan fingerprint density at radius 2 is 2.11 bits per heavy atom. The number of rotatable bonds is 3. The predicted molar refractivity (Wildman–Crippen MR) is 64.3 cm³/mol. The van der Waals surface area contributed by atoms with E-state index in [-0.39, 0.29) is 18.1 Å². The van der Waals surface area contributed by atoms with Crippen molar-refractivity contribution in [2.24, 2.45) is 0 Å². The first-order valence-corrected chi connectivity index (χ1v) is 5.34. The second-order valence-corrected chi connectivity index (χ2v) is 4.02. The maximum Gasteiger partial charge on any atom is 0.231 e. The van der Waals surface area contributed by atoms with E-state index in [0.29, 0.717) is 17.1 Å². The number of hydrogen-bond donors (Lipinski definition) is 0. The molecular weight excluding hydrogens is 232 g/mol. The third kappa shape index (κ3) is 2.28. The fourth-order valence-electron chi connectivity index (χ4n) is 1.59. The number of nitriles is 1. The number of ketones is 1. The van der Waals surface area contributed by atoms with Crippen LogP contribution in [0.2, 0.25) is 0 Å². The summed E-state index contributed by atoms with van der Waals surface area (Å²) >= 11 is 0. The highest BCUT2D eigenvalue weighted by Crippen LogP contribution is 2.33. The van der Waals surface area contributed by atoms with Crippen LogP contribution in [0.15, 0.2) is 30.0 Å². The molecule has 0 unspecified atom stereocenters. The van der Waals surface area contributed by atoms with Crippen molar-refractivity contribution >= 4 is 5.78 Å². The van der Waals surface area contributed by atoms with Gasteiger partial charge in [-0.15, -0.1) is 0 Å². The first kappa shape index (κ1) is 12.0. The normalized spacial score (nSPS) is 13.1. The Bertz CT molecular complexity index is 556. The number of fused-ring (bicyclic) bond motifs is 1. The van der Waals surface area contributed by atoms with Crippen LogP contribution in [0.1, 0.15) is 10.4 Å². The zero-order valence-electron chi connectivity index (χ0n) is 10.1. The molecule has 1 aliphatic rings. The lowest BCUT2D eigenvalue weighted by Gasteiger charge is -2.06. The highest BCUT2D eigenvalue weighted by Gasteiger charge is 2.18. The molecule has 0 atom stereocenters. The van der Waals surface area contributed by atoms with Gasteiger partial charge in [0.2, 0.25) is 12.6 Å². The molecule has 0 aromatic heterocycles. The number of carbonyl (C=O) groups excluding carboxylic acids is 1. The Kier molecular flexibility index (Phi) is 3.20. The molecule has 2 rings (SSSR count). The molecule has 0 saturated heterocycles. The Labute approximate surface area is 105 Å². The highest BCUT2D eigenvalue weighted by atomic mass is 16.7. The maximum absolute atomic E-state index is 12.1. The summed E-state index contributed by atoms with van der Waals surface area (Å²) in [4.78, 5) is 13.8. The summed E-state index contributed by atoms with van der Waals surface area (Å²) in [5.41, 5.74) is 0.493. The summed E-state index contributed by atoms with van der Waals surface area (Å²) in [6.45, 7) is 0.158. The number of allylic oxidation sites excluding steroid dienone is 1. The van der Waals surface area contributed by atoms with Crippen LogP contribution in [-0.4, -0.2) is 31.6 Å². The molecular formula is C13H12N2O3. The first-order valence-electron chi connectivity index (χ1n) is 5.34. The summed E-state index contributed by atoms with van der Waals surface area (Å²) in [5.74, 6) is 0.814. The van der Waals surface area contributed by atoms with E-state index < -0.39 is 0 Å². The summed E-state index contributed by atoms with van der Waals surface area (Å²) in [6, 6.07) is 6.77. The second kappa shape index (κ2) is 4.80. The number of nitrogens with zero attached hydrogens (tertiary/aromatic N) is 2. The van der Waals surface area contributed by atoms with Crippen molar-refractivity contribution in [3.8, 4) is 17.6 Å². The molecule has 0 aliphatic carbocycles. The van der Waals surface area contributed by atoms with Crippen molar-refractivity contribution in [3.05, 3.63) is 35.5 Å². The van der Waals surface area contributed by atoms with E-state index in [1.165, 1.54) is 6.20 Å². The molecule has 1 aromatic rings. The standard InChI is InChI=1S/C13H12N2O3/c1-15(2)7-10(6-14)13(16)9-3-4-11-12(5-9)18-8-17-11/h3-5,7H,8H2,1-2H3/b10-7-. The monoisotopic (exact) mass is 244 g/mol. The predicted octanol–water partition coefficient (Wildman–Crippen LogP) is 1.57. The van der Waals surface area contributed by atoms with Gasteiger partial charge in [-0.1, -0.05) is 0 Å². The second-order valence-electron chi connectivity index (χ2n) is 4.02. The first-order chi connectivity index (χ1) is 8.61. The average molecular weight is 244 g/mol. The Morgan fingerprint density at radius 1 is 1.39 bits per heavy atom. The number of benzene rings is 1.